The molecule has 0 amide bonds. The molecule has 6 heteroatoms. The van der Waals surface area contributed by atoms with Crippen molar-refractivity contribution in [1.29, 1.82) is 0 Å². The van der Waals surface area contributed by atoms with Crippen LogP contribution in [0.5, 0.6) is 0 Å². The van der Waals surface area contributed by atoms with Crippen LogP contribution in [0.1, 0.15) is 67.3 Å². The van der Waals surface area contributed by atoms with Crippen molar-refractivity contribution in [3.8, 4) is 0 Å². The van der Waals surface area contributed by atoms with Gasteiger partial charge in [0, 0.05) is 20.9 Å². The van der Waals surface area contributed by atoms with Gasteiger partial charge in [-0.2, -0.15) is 0 Å². The summed E-state index contributed by atoms with van der Waals surface area (Å²) in [7, 11) is 0. The second-order valence-electron chi connectivity index (χ2n) is 10.8. The lowest BCUT2D eigenvalue weighted by atomic mass is 9.90. The molecule has 3 atom stereocenters. The van der Waals surface area contributed by atoms with E-state index in [1.54, 1.807) is 18.7 Å². The van der Waals surface area contributed by atoms with E-state index in [2.05, 4.69) is 30.3 Å². The van der Waals surface area contributed by atoms with E-state index < -0.39 is 17.5 Å². The summed E-state index contributed by atoms with van der Waals surface area (Å²) in [6.45, 7) is 7.37. The van der Waals surface area contributed by atoms with Gasteiger partial charge in [0.2, 0.25) is 0 Å². The predicted octanol–water partition coefficient (Wildman–Crippen LogP) is 8.80. The molecule has 4 aromatic rings. The van der Waals surface area contributed by atoms with Gasteiger partial charge in [-0.25, -0.2) is 4.98 Å². The Morgan fingerprint density at radius 1 is 1.00 bits per heavy atom. The standard InChI is InChI=1S/C34H36ClNO3S/c1-22(33(37)38)23(2)40-32(19-15-25-9-5-6-11-30(25)34(3,4)39)27-10-7-8-24(20-27)12-17-29-18-14-26-13-16-28(35)21-31(26)36-29/h5-14,16-18,20-23,32,39H,15,19H2,1-4H3,(H,37,38). The maximum atomic E-state index is 11.7. The van der Waals surface area contributed by atoms with Crippen molar-refractivity contribution in [2.24, 2.45) is 5.92 Å². The van der Waals surface area contributed by atoms with Crippen LogP contribution in [0.25, 0.3) is 23.1 Å². The first-order valence-electron chi connectivity index (χ1n) is 13.5. The summed E-state index contributed by atoms with van der Waals surface area (Å²) in [4.78, 5) is 16.4. The van der Waals surface area contributed by atoms with E-state index in [1.165, 1.54) is 0 Å². The summed E-state index contributed by atoms with van der Waals surface area (Å²) in [6, 6.07) is 26.1. The second-order valence-corrected chi connectivity index (χ2v) is 12.8. The highest BCUT2D eigenvalue weighted by Gasteiger charge is 2.26. The van der Waals surface area contributed by atoms with Crippen molar-refractivity contribution in [3.63, 3.8) is 0 Å². The lowest BCUT2D eigenvalue weighted by Gasteiger charge is -2.26. The Morgan fingerprint density at radius 3 is 2.50 bits per heavy atom. The number of carbonyl (C=O) groups is 1. The Bertz CT molecular complexity index is 1510. The van der Waals surface area contributed by atoms with Crippen LogP contribution in [-0.4, -0.2) is 26.4 Å². The molecule has 0 radical (unpaired) electrons. The zero-order valence-corrected chi connectivity index (χ0v) is 24.9. The number of halogens is 1. The van der Waals surface area contributed by atoms with Crippen molar-refractivity contribution in [3.05, 3.63) is 112 Å². The number of nitrogens with zero attached hydrogens (tertiary/aromatic N) is 1. The van der Waals surface area contributed by atoms with Crippen LogP contribution in [-0.2, 0) is 16.8 Å². The smallest absolute Gasteiger partial charge is 0.307 e. The van der Waals surface area contributed by atoms with E-state index in [0.29, 0.717) is 5.02 Å². The predicted molar refractivity (Wildman–Crippen MR) is 169 cm³/mol. The Balaban J connectivity index is 1.59. The molecule has 0 aliphatic rings. The topological polar surface area (TPSA) is 70.4 Å². The Labute approximate surface area is 246 Å². The van der Waals surface area contributed by atoms with E-state index >= 15 is 0 Å². The summed E-state index contributed by atoms with van der Waals surface area (Å²) in [5, 5.41) is 22.0. The SMILES string of the molecule is CC(SC(CCc1ccccc1C(C)(C)O)c1cccc(C=Cc2ccc3ccc(Cl)cc3n2)c1)C(C)C(=O)O. The van der Waals surface area contributed by atoms with Gasteiger partial charge in [0.15, 0.2) is 0 Å². The molecule has 4 nitrogen and oxygen atoms in total. The lowest BCUT2D eigenvalue weighted by molar-refractivity contribution is -0.140. The highest BCUT2D eigenvalue weighted by molar-refractivity contribution is 8.00. The van der Waals surface area contributed by atoms with Crippen molar-refractivity contribution < 1.29 is 15.0 Å². The normalized spacial score (nSPS) is 14.3. The molecule has 2 N–H and O–H groups in total. The van der Waals surface area contributed by atoms with Crippen molar-refractivity contribution in [1.82, 2.24) is 4.98 Å². The molecule has 3 aromatic carbocycles. The molecule has 0 aliphatic heterocycles. The molecule has 1 aromatic heterocycles. The minimum atomic E-state index is -0.933. The zero-order chi connectivity index (χ0) is 28.9. The Hall–Kier alpha value is -3.12. The second kappa shape index (κ2) is 13.0. The molecule has 208 valence electrons. The monoisotopic (exact) mass is 573 g/mol. The fourth-order valence-corrected chi connectivity index (χ4v) is 6.35. The average molecular weight is 574 g/mol. The average Bonchev–Trinajstić information content (AvgIpc) is 2.93. The van der Waals surface area contributed by atoms with Gasteiger partial charge < -0.3 is 10.2 Å². The fraction of sp³-hybridized carbons (Fsp3) is 0.294. The highest BCUT2D eigenvalue weighted by Crippen LogP contribution is 2.40. The van der Waals surface area contributed by atoms with Crippen LogP contribution in [0.3, 0.4) is 0 Å². The number of carboxylic acids is 1. The minimum Gasteiger partial charge on any atom is -0.481 e. The number of rotatable bonds is 11. The van der Waals surface area contributed by atoms with Crippen LogP contribution in [0.2, 0.25) is 5.02 Å². The molecule has 0 spiro atoms. The zero-order valence-electron chi connectivity index (χ0n) is 23.3. The molecule has 40 heavy (non-hydrogen) atoms. The highest BCUT2D eigenvalue weighted by atomic mass is 35.5. The van der Waals surface area contributed by atoms with Crippen LogP contribution >= 0.6 is 23.4 Å². The van der Waals surface area contributed by atoms with Gasteiger partial charge in [-0.1, -0.05) is 92.2 Å². The number of hydrogen-bond acceptors (Lipinski definition) is 4. The van der Waals surface area contributed by atoms with Gasteiger partial charge >= 0.3 is 5.97 Å². The number of aliphatic carboxylic acids is 1. The van der Waals surface area contributed by atoms with Crippen LogP contribution in [0.15, 0.2) is 78.9 Å². The van der Waals surface area contributed by atoms with Gasteiger partial charge in [-0.05, 0) is 73.2 Å². The van der Waals surface area contributed by atoms with Crippen molar-refractivity contribution in [2.45, 2.75) is 56.6 Å². The van der Waals surface area contributed by atoms with Gasteiger partial charge in [0.1, 0.15) is 0 Å². The van der Waals surface area contributed by atoms with Crippen LogP contribution in [0, 0.1) is 5.92 Å². The molecule has 0 saturated heterocycles. The third-order valence-electron chi connectivity index (χ3n) is 7.23. The number of aliphatic hydroxyl groups is 1. The summed E-state index contributed by atoms with van der Waals surface area (Å²) < 4.78 is 0. The maximum absolute atomic E-state index is 11.7. The molecule has 0 aliphatic carbocycles. The number of carboxylic acid groups (broad SMARTS) is 1. The van der Waals surface area contributed by atoms with E-state index in [0.717, 1.165) is 51.7 Å². The quantitative estimate of drug-likeness (QED) is 0.187. The number of benzene rings is 3. The fourth-order valence-electron chi connectivity index (χ4n) is 4.76. The number of aryl methyl sites for hydroxylation is 1. The Kier molecular flexibility index (Phi) is 9.72. The molecule has 3 unspecified atom stereocenters. The first-order chi connectivity index (χ1) is 19.0. The lowest BCUT2D eigenvalue weighted by Crippen LogP contribution is -2.21. The molecule has 4 rings (SSSR count). The van der Waals surface area contributed by atoms with E-state index in [1.807, 2.05) is 81.4 Å². The number of hydrogen-bond donors (Lipinski definition) is 2. The molecule has 0 bridgehead atoms. The van der Waals surface area contributed by atoms with Gasteiger partial charge in [0.05, 0.1) is 22.7 Å². The molecule has 0 saturated carbocycles. The number of aromatic nitrogens is 1. The summed E-state index contributed by atoms with van der Waals surface area (Å²) >= 11 is 7.85. The van der Waals surface area contributed by atoms with Gasteiger partial charge in [-0.15, -0.1) is 11.8 Å². The van der Waals surface area contributed by atoms with E-state index in [9.17, 15) is 15.0 Å². The number of fused-ring (bicyclic) bond motifs is 1. The van der Waals surface area contributed by atoms with E-state index in [4.69, 9.17) is 16.6 Å². The van der Waals surface area contributed by atoms with Crippen molar-refractivity contribution in [2.75, 3.05) is 0 Å². The Morgan fingerprint density at radius 2 is 1.75 bits per heavy atom. The van der Waals surface area contributed by atoms with Gasteiger partial charge in [0.25, 0.3) is 0 Å². The molecular weight excluding hydrogens is 538 g/mol. The maximum Gasteiger partial charge on any atom is 0.307 e. The minimum absolute atomic E-state index is 0.0696. The number of thioether (sulfide) groups is 1. The van der Waals surface area contributed by atoms with Gasteiger partial charge in [-0.3, -0.25) is 4.79 Å². The van der Waals surface area contributed by atoms with E-state index in [-0.39, 0.29) is 10.5 Å². The first kappa shape index (κ1) is 29.9. The van der Waals surface area contributed by atoms with Crippen LogP contribution < -0.4 is 0 Å². The largest absolute Gasteiger partial charge is 0.481 e. The summed E-state index contributed by atoms with van der Waals surface area (Å²) in [5.74, 6) is -1.25. The summed E-state index contributed by atoms with van der Waals surface area (Å²) in [5.41, 5.74) is 5.00. The first-order valence-corrected chi connectivity index (χ1v) is 14.9. The molecule has 1 heterocycles. The van der Waals surface area contributed by atoms with Crippen LogP contribution in [0.4, 0.5) is 0 Å². The number of pyridine rings is 1. The third-order valence-corrected chi connectivity index (χ3v) is 9.14. The molecule has 0 fully saturated rings. The third kappa shape index (κ3) is 7.75. The molecular formula is C34H36ClNO3S. The summed E-state index contributed by atoms with van der Waals surface area (Å²) in [6.07, 6.45) is 5.64. The van der Waals surface area contributed by atoms with Crippen molar-refractivity contribution >= 4 is 52.4 Å².